The maximum Gasteiger partial charge on any atom is 0.342 e. The van der Waals surface area contributed by atoms with E-state index in [1.54, 1.807) is 31.2 Å². The molecular weight excluding hydrogens is 260 g/mol. The quantitative estimate of drug-likeness (QED) is 0.626. The average Bonchev–Trinajstić information content (AvgIpc) is 2.39. The van der Waals surface area contributed by atoms with Crippen LogP contribution >= 0.6 is 0 Å². The number of fused-ring (bicyclic) bond motifs is 1. The first-order chi connectivity index (χ1) is 9.49. The second-order valence-electron chi connectivity index (χ2n) is 4.60. The number of benzene rings is 1. The van der Waals surface area contributed by atoms with E-state index in [2.05, 4.69) is 10.6 Å². The zero-order valence-electron chi connectivity index (χ0n) is 11.4. The molecule has 2 amide bonds. The van der Waals surface area contributed by atoms with Gasteiger partial charge in [-0.05, 0) is 18.6 Å². The molecule has 0 fully saturated rings. The van der Waals surface area contributed by atoms with Crippen LogP contribution in [0.25, 0.3) is 0 Å². The van der Waals surface area contributed by atoms with Gasteiger partial charge in [-0.25, -0.2) is 4.79 Å². The summed E-state index contributed by atoms with van der Waals surface area (Å²) in [6, 6.07) is 7.13. The first-order valence-corrected chi connectivity index (χ1v) is 6.35. The molecule has 1 aliphatic rings. The number of nitrogens with one attached hydrogen (secondary N) is 2. The zero-order chi connectivity index (χ0) is 14.8. The molecule has 2 rings (SSSR count). The molecule has 2 N–H and O–H groups in total. The average molecular weight is 276 g/mol. The summed E-state index contributed by atoms with van der Waals surface area (Å²) in [6.45, 7) is 3.04. The Balaban J connectivity index is 2.44. The van der Waals surface area contributed by atoms with Gasteiger partial charge in [0, 0.05) is 19.0 Å². The summed E-state index contributed by atoms with van der Waals surface area (Å²) in [5.41, 5.74) is -0.285. The predicted octanol–water partition coefficient (Wildman–Crippen LogP) is 0.619. The van der Waals surface area contributed by atoms with Crippen LogP contribution in [0.1, 0.15) is 19.4 Å². The van der Waals surface area contributed by atoms with Crippen LogP contribution in [0.3, 0.4) is 0 Å². The lowest BCUT2D eigenvalue weighted by Crippen LogP contribution is -2.65. The third-order valence-corrected chi connectivity index (χ3v) is 3.12. The molecule has 0 radical (unpaired) electrons. The molecule has 0 saturated heterocycles. The normalized spacial score (nSPS) is 20.6. The molecule has 0 aromatic heterocycles. The summed E-state index contributed by atoms with van der Waals surface area (Å²) in [4.78, 5) is 35.9. The molecule has 0 spiro atoms. The lowest BCUT2D eigenvalue weighted by atomic mass is 9.85. The molecule has 0 aliphatic carbocycles. The number of para-hydroxylation sites is 1. The van der Waals surface area contributed by atoms with Crippen molar-refractivity contribution in [1.29, 1.82) is 0 Å². The molecule has 0 saturated carbocycles. The van der Waals surface area contributed by atoms with Gasteiger partial charge in [0.1, 0.15) is 0 Å². The molecule has 0 unspecified atom stereocenters. The Bertz CT molecular complexity index is 570. The number of ether oxygens (including phenoxy) is 1. The summed E-state index contributed by atoms with van der Waals surface area (Å²) in [5, 5.41) is 5.09. The number of hydrogen-bond donors (Lipinski definition) is 2. The van der Waals surface area contributed by atoms with Crippen molar-refractivity contribution in [2.24, 2.45) is 0 Å². The van der Waals surface area contributed by atoms with E-state index in [4.69, 9.17) is 4.74 Å². The van der Waals surface area contributed by atoms with Crippen molar-refractivity contribution in [2.45, 2.75) is 25.8 Å². The fourth-order valence-electron chi connectivity index (χ4n) is 2.26. The molecule has 1 heterocycles. The van der Waals surface area contributed by atoms with Gasteiger partial charge in [-0.1, -0.05) is 18.2 Å². The molecule has 6 heteroatoms. The number of carbonyl (C=O) groups excluding carboxylic acids is 3. The number of esters is 1. The summed E-state index contributed by atoms with van der Waals surface area (Å²) in [7, 11) is 0. The summed E-state index contributed by atoms with van der Waals surface area (Å²) in [6.07, 6.45) is 0.0768. The SMILES string of the molecule is CCOC(=O)[C@]1(NC(C)=O)Cc2ccccc2NC1=O. The maximum absolute atomic E-state index is 12.3. The van der Waals surface area contributed by atoms with Crippen LogP contribution in [-0.4, -0.2) is 29.9 Å². The fraction of sp³-hybridized carbons (Fsp3) is 0.357. The number of carbonyl (C=O) groups is 3. The number of anilines is 1. The van der Waals surface area contributed by atoms with E-state index < -0.39 is 23.3 Å². The van der Waals surface area contributed by atoms with Crippen molar-refractivity contribution in [3.05, 3.63) is 29.8 Å². The van der Waals surface area contributed by atoms with Crippen molar-refractivity contribution in [3.8, 4) is 0 Å². The second kappa shape index (κ2) is 5.32. The van der Waals surface area contributed by atoms with E-state index >= 15 is 0 Å². The molecular formula is C14H16N2O4. The van der Waals surface area contributed by atoms with E-state index in [1.165, 1.54) is 6.92 Å². The monoisotopic (exact) mass is 276 g/mol. The van der Waals surface area contributed by atoms with Crippen LogP contribution in [0, 0.1) is 0 Å². The van der Waals surface area contributed by atoms with Gasteiger partial charge in [0.2, 0.25) is 11.4 Å². The smallest absolute Gasteiger partial charge is 0.342 e. The van der Waals surface area contributed by atoms with Crippen LogP contribution in [0.15, 0.2) is 24.3 Å². The topological polar surface area (TPSA) is 84.5 Å². The van der Waals surface area contributed by atoms with Gasteiger partial charge in [-0.3, -0.25) is 9.59 Å². The number of hydrogen-bond acceptors (Lipinski definition) is 4. The summed E-state index contributed by atoms with van der Waals surface area (Å²) < 4.78 is 4.96. The van der Waals surface area contributed by atoms with E-state index in [9.17, 15) is 14.4 Å². The first kappa shape index (κ1) is 14.0. The number of rotatable bonds is 3. The van der Waals surface area contributed by atoms with Gasteiger partial charge in [-0.15, -0.1) is 0 Å². The van der Waals surface area contributed by atoms with Crippen LogP contribution < -0.4 is 10.6 Å². The van der Waals surface area contributed by atoms with Crippen molar-refractivity contribution in [2.75, 3.05) is 11.9 Å². The molecule has 1 aliphatic heterocycles. The Hall–Kier alpha value is -2.37. The van der Waals surface area contributed by atoms with Gasteiger partial charge < -0.3 is 15.4 Å². The van der Waals surface area contributed by atoms with Gasteiger partial charge >= 0.3 is 5.97 Å². The first-order valence-electron chi connectivity index (χ1n) is 6.35. The highest BCUT2D eigenvalue weighted by atomic mass is 16.5. The lowest BCUT2D eigenvalue weighted by Gasteiger charge is -2.35. The zero-order valence-corrected chi connectivity index (χ0v) is 11.4. The van der Waals surface area contributed by atoms with Gasteiger partial charge in [0.15, 0.2) is 0 Å². The minimum absolute atomic E-state index is 0.0768. The van der Waals surface area contributed by atoms with Gasteiger partial charge in [0.25, 0.3) is 5.91 Å². The Labute approximate surface area is 116 Å². The summed E-state index contributed by atoms with van der Waals surface area (Å²) >= 11 is 0. The second-order valence-corrected chi connectivity index (χ2v) is 4.60. The van der Waals surface area contributed by atoms with Crippen LogP contribution in [-0.2, 0) is 25.5 Å². The Kier molecular flexibility index (Phi) is 3.74. The largest absolute Gasteiger partial charge is 0.464 e. The van der Waals surface area contributed by atoms with Crippen LogP contribution in [0.4, 0.5) is 5.69 Å². The Morgan fingerprint density at radius 3 is 2.75 bits per heavy atom. The van der Waals surface area contributed by atoms with E-state index in [-0.39, 0.29) is 13.0 Å². The number of amides is 2. The van der Waals surface area contributed by atoms with Crippen molar-refractivity contribution < 1.29 is 19.1 Å². The molecule has 1 aromatic rings. The molecule has 106 valence electrons. The molecule has 1 atom stereocenters. The minimum atomic E-state index is -1.70. The lowest BCUT2D eigenvalue weighted by molar-refractivity contribution is -0.157. The Morgan fingerprint density at radius 2 is 2.10 bits per heavy atom. The van der Waals surface area contributed by atoms with E-state index in [1.807, 2.05) is 0 Å². The Morgan fingerprint density at radius 1 is 1.40 bits per heavy atom. The minimum Gasteiger partial charge on any atom is -0.464 e. The van der Waals surface area contributed by atoms with Crippen molar-refractivity contribution in [3.63, 3.8) is 0 Å². The van der Waals surface area contributed by atoms with Crippen molar-refractivity contribution in [1.82, 2.24) is 5.32 Å². The van der Waals surface area contributed by atoms with Gasteiger partial charge in [-0.2, -0.15) is 0 Å². The van der Waals surface area contributed by atoms with Crippen molar-refractivity contribution >= 4 is 23.5 Å². The fourth-order valence-corrected chi connectivity index (χ4v) is 2.26. The predicted molar refractivity (Wildman–Crippen MR) is 72.0 cm³/mol. The molecule has 0 bridgehead atoms. The molecule has 20 heavy (non-hydrogen) atoms. The highest BCUT2D eigenvalue weighted by Gasteiger charge is 2.51. The molecule has 1 aromatic carbocycles. The highest BCUT2D eigenvalue weighted by Crippen LogP contribution is 2.29. The van der Waals surface area contributed by atoms with Gasteiger partial charge in [0.05, 0.1) is 6.61 Å². The van der Waals surface area contributed by atoms with E-state index in [0.717, 1.165) is 5.56 Å². The van der Waals surface area contributed by atoms with E-state index in [0.29, 0.717) is 5.69 Å². The third kappa shape index (κ3) is 2.36. The molecule has 6 nitrogen and oxygen atoms in total. The third-order valence-electron chi connectivity index (χ3n) is 3.12. The van der Waals surface area contributed by atoms with Crippen LogP contribution in [0.5, 0.6) is 0 Å². The van der Waals surface area contributed by atoms with Crippen LogP contribution in [0.2, 0.25) is 0 Å². The standard InChI is InChI=1S/C14H16N2O4/c1-3-20-13(19)14(16-9(2)17)8-10-6-4-5-7-11(10)15-12(14)18/h4-7H,3,8H2,1-2H3,(H,15,18)(H,16,17)/t14-/m0/s1. The highest BCUT2D eigenvalue weighted by molar-refractivity contribution is 6.16. The summed E-state index contributed by atoms with van der Waals surface area (Å²) in [5.74, 6) is -1.79. The maximum atomic E-state index is 12.3.